The molecule has 1 aliphatic heterocycles. The zero-order chi connectivity index (χ0) is 13.0. The van der Waals surface area contributed by atoms with Crippen LogP contribution in [0.15, 0.2) is 12.4 Å². The highest BCUT2D eigenvalue weighted by Crippen LogP contribution is 2.18. The van der Waals surface area contributed by atoms with Crippen molar-refractivity contribution in [2.24, 2.45) is 11.8 Å². The summed E-state index contributed by atoms with van der Waals surface area (Å²) >= 11 is 0. The fourth-order valence-electron chi connectivity index (χ4n) is 1.87. The summed E-state index contributed by atoms with van der Waals surface area (Å²) in [6, 6.07) is 0. The molecule has 2 heterocycles. The lowest BCUT2D eigenvalue weighted by Gasteiger charge is -2.31. The van der Waals surface area contributed by atoms with Gasteiger partial charge in [-0.2, -0.15) is 5.10 Å². The normalized spacial score (nSPS) is 17.2. The SMILES string of the molecule is COCCn1cc(NC(=O)C(C)C2CNC2)cn1. The fraction of sp³-hybridized carbons (Fsp3) is 0.667. The zero-order valence-corrected chi connectivity index (χ0v) is 10.8. The minimum Gasteiger partial charge on any atom is -0.383 e. The molecule has 1 fully saturated rings. The largest absolute Gasteiger partial charge is 0.383 e. The second-order valence-electron chi connectivity index (χ2n) is 4.68. The first-order valence-electron chi connectivity index (χ1n) is 6.23. The van der Waals surface area contributed by atoms with Gasteiger partial charge in [0, 0.05) is 19.2 Å². The molecule has 1 saturated heterocycles. The van der Waals surface area contributed by atoms with Crippen molar-refractivity contribution in [3.63, 3.8) is 0 Å². The number of aromatic nitrogens is 2. The van der Waals surface area contributed by atoms with Gasteiger partial charge in [0.15, 0.2) is 0 Å². The van der Waals surface area contributed by atoms with Gasteiger partial charge in [-0.3, -0.25) is 9.48 Å². The molecule has 2 rings (SSSR count). The molecule has 100 valence electrons. The number of nitrogens with zero attached hydrogens (tertiary/aromatic N) is 2. The molecule has 6 nitrogen and oxygen atoms in total. The molecule has 18 heavy (non-hydrogen) atoms. The van der Waals surface area contributed by atoms with Crippen molar-refractivity contribution in [2.45, 2.75) is 13.5 Å². The van der Waals surface area contributed by atoms with Gasteiger partial charge >= 0.3 is 0 Å². The highest BCUT2D eigenvalue weighted by Gasteiger charge is 2.28. The lowest BCUT2D eigenvalue weighted by atomic mass is 9.88. The monoisotopic (exact) mass is 252 g/mol. The van der Waals surface area contributed by atoms with Crippen LogP contribution in [0.4, 0.5) is 5.69 Å². The Hall–Kier alpha value is -1.40. The van der Waals surface area contributed by atoms with E-state index in [0.29, 0.717) is 19.1 Å². The molecule has 1 aliphatic rings. The molecule has 1 aromatic heterocycles. The van der Waals surface area contributed by atoms with E-state index < -0.39 is 0 Å². The maximum Gasteiger partial charge on any atom is 0.227 e. The van der Waals surface area contributed by atoms with Crippen LogP contribution in [0.2, 0.25) is 0 Å². The minimum atomic E-state index is 0.0357. The number of hydrogen-bond donors (Lipinski definition) is 2. The van der Waals surface area contributed by atoms with E-state index >= 15 is 0 Å². The third-order valence-electron chi connectivity index (χ3n) is 3.36. The van der Waals surface area contributed by atoms with Crippen LogP contribution in [0.3, 0.4) is 0 Å². The Morgan fingerprint density at radius 3 is 3.11 bits per heavy atom. The first-order valence-corrected chi connectivity index (χ1v) is 6.23. The van der Waals surface area contributed by atoms with Crippen LogP contribution in [-0.4, -0.2) is 42.5 Å². The zero-order valence-electron chi connectivity index (χ0n) is 10.8. The Balaban J connectivity index is 1.84. The molecule has 0 radical (unpaired) electrons. The van der Waals surface area contributed by atoms with Crippen molar-refractivity contribution in [3.05, 3.63) is 12.4 Å². The summed E-state index contributed by atoms with van der Waals surface area (Å²) in [5.74, 6) is 0.551. The van der Waals surface area contributed by atoms with Crippen LogP contribution in [-0.2, 0) is 16.1 Å². The van der Waals surface area contributed by atoms with E-state index in [1.165, 1.54) is 0 Å². The quantitative estimate of drug-likeness (QED) is 0.765. The molecule has 0 bridgehead atoms. The first-order chi connectivity index (χ1) is 8.70. The Morgan fingerprint density at radius 1 is 1.72 bits per heavy atom. The Bertz CT molecular complexity index is 401. The lowest BCUT2D eigenvalue weighted by molar-refractivity contribution is -0.121. The van der Waals surface area contributed by atoms with E-state index in [-0.39, 0.29) is 11.8 Å². The van der Waals surface area contributed by atoms with Crippen LogP contribution in [0.5, 0.6) is 0 Å². The Morgan fingerprint density at radius 2 is 2.50 bits per heavy atom. The number of carbonyl (C=O) groups is 1. The number of anilines is 1. The topological polar surface area (TPSA) is 68.2 Å². The predicted molar refractivity (Wildman–Crippen MR) is 68.3 cm³/mol. The number of methoxy groups -OCH3 is 1. The molecular weight excluding hydrogens is 232 g/mol. The van der Waals surface area contributed by atoms with Gasteiger partial charge in [-0.25, -0.2) is 0 Å². The summed E-state index contributed by atoms with van der Waals surface area (Å²) in [6.07, 6.45) is 3.49. The van der Waals surface area contributed by atoms with Crippen molar-refractivity contribution >= 4 is 11.6 Å². The minimum absolute atomic E-state index is 0.0357. The third-order valence-corrected chi connectivity index (χ3v) is 3.36. The smallest absolute Gasteiger partial charge is 0.227 e. The Kier molecular flexibility index (Phi) is 4.33. The summed E-state index contributed by atoms with van der Waals surface area (Å²) in [5, 5.41) is 10.2. The molecule has 1 aromatic rings. The number of nitrogens with one attached hydrogen (secondary N) is 2. The van der Waals surface area contributed by atoms with Crippen LogP contribution in [0.25, 0.3) is 0 Å². The van der Waals surface area contributed by atoms with E-state index in [1.807, 2.05) is 13.1 Å². The van der Waals surface area contributed by atoms with E-state index in [4.69, 9.17) is 4.74 Å². The van der Waals surface area contributed by atoms with Gasteiger partial charge in [0.05, 0.1) is 25.0 Å². The summed E-state index contributed by atoms with van der Waals surface area (Å²) in [5.41, 5.74) is 0.746. The van der Waals surface area contributed by atoms with Crippen LogP contribution in [0, 0.1) is 11.8 Å². The molecule has 0 aliphatic carbocycles. The maximum atomic E-state index is 12.0. The number of rotatable bonds is 6. The second kappa shape index (κ2) is 5.97. The first kappa shape index (κ1) is 13.0. The lowest BCUT2D eigenvalue weighted by Crippen LogP contribution is -2.48. The summed E-state index contributed by atoms with van der Waals surface area (Å²) in [4.78, 5) is 12.0. The number of carbonyl (C=O) groups excluding carboxylic acids is 1. The molecule has 6 heteroatoms. The average Bonchev–Trinajstić information content (AvgIpc) is 2.71. The Labute approximate surface area is 107 Å². The predicted octanol–water partition coefficient (Wildman–Crippen LogP) is 0.324. The van der Waals surface area contributed by atoms with Gasteiger partial charge in [0.25, 0.3) is 0 Å². The maximum absolute atomic E-state index is 12.0. The fourth-order valence-corrected chi connectivity index (χ4v) is 1.87. The van der Waals surface area contributed by atoms with Gasteiger partial charge in [-0.1, -0.05) is 6.92 Å². The molecule has 0 saturated carbocycles. The summed E-state index contributed by atoms with van der Waals surface area (Å²) in [7, 11) is 1.65. The summed E-state index contributed by atoms with van der Waals surface area (Å²) < 4.78 is 6.73. The van der Waals surface area contributed by atoms with Crippen LogP contribution in [0.1, 0.15) is 6.92 Å². The molecule has 1 unspecified atom stereocenters. The van der Waals surface area contributed by atoms with Crippen molar-refractivity contribution in [1.82, 2.24) is 15.1 Å². The third kappa shape index (κ3) is 3.08. The van der Waals surface area contributed by atoms with Gasteiger partial charge < -0.3 is 15.4 Å². The molecule has 0 spiro atoms. The second-order valence-corrected chi connectivity index (χ2v) is 4.68. The van der Waals surface area contributed by atoms with Crippen LogP contribution < -0.4 is 10.6 Å². The van der Waals surface area contributed by atoms with E-state index in [1.54, 1.807) is 18.0 Å². The van der Waals surface area contributed by atoms with Crippen LogP contribution >= 0.6 is 0 Å². The van der Waals surface area contributed by atoms with Crippen molar-refractivity contribution < 1.29 is 9.53 Å². The van der Waals surface area contributed by atoms with E-state index in [9.17, 15) is 4.79 Å². The van der Waals surface area contributed by atoms with E-state index in [0.717, 1.165) is 18.8 Å². The average molecular weight is 252 g/mol. The molecule has 0 aromatic carbocycles. The number of ether oxygens (including phenoxy) is 1. The molecule has 1 atom stereocenters. The van der Waals surface area contributed by atoms with Crippen molar-refractivity contribution in [1.29, 1.82) is 0 Å². The van der Waals surface area contributed by atoms with Crippen molar-refractivity contribution in [3.8, 4) is 0 Å². The van der Waals surface area contributed by atoms with E-state index in [2.05, 4.69) is 15.7 Å². The standard InChI is InChI=1S/C12H20N4O2/c1-9(10-5-13-6-10)12(17)15-11-7-14-16(8-11)3-4-18-2/h7-10,13H,3-6H2,1-2H3,(H,15,17). The molecular formula is C12H20N4O2. The van der Waals surface area contributed by atoms with Gasteiger partial charge in [-0.15, -0.1) is 0 Å². The van der Waals surface area contributed by atoms with Gasteiger partial charge in [0.1, 0.15) is 0 Å². The molecule has 1 amide bonds. The van der Waals surface area contributed by atoms with Gasteiger partial charge in [0.2, 0.25) is 5.91 Å². The highest BCUT2D eigenvalue weighted by molar-refractivity contribution is 5.92. The molecule has 2 N–H and O–H groups in total. The van der Waals surface area contributed by atoms with Gasteiger partial charge in [-0.05, 0) is 19.0 Å². The van der Waals surface area contributed by atoms with Crippen molar-refractivity contribution in [2.75, 3.05) is 32.1 Å². The number of hydrogen-bond acceptors (Lipinski definition) is 4. The highest BCUT2D eigenvalue weighted by atomic mass is 16.5. The number of amides is 1. The summed E-state index contributed by atoms with van der Waals surface area (Å²) in [6.45, 7) is 5.13.